The number of amides is 1. The second-order valence-electron chi connectivity index (χ2n) is 7.71. The molecule has 3 nitrogen and oxygen atoms in total. The molecule has 1 aliphatic carbocycles. The van der Waals surface area contributed by atoms with Crippen LogP contribution >= 0.6 is 11.3 Å². The number of carbonyl (C=O) groups excluding carboxylic acids is 1. The highest BCUT2D eigenvalue weighted by Crippen LogP contribution is 2.44. The maximum atomic E-state index is 12.3. The van der Waals surface area contributed by atoms with E-state index in [1.54, 1.807) is 11.3 Å². The fraction of sp³-hybridized carbons (Fsp3) is 0.107. The van der Waals surface area contributed by atoms with Gasteiger partial charge in [-0.15, -0.1) is 11.3 Å². The van der Waals surface area contributed by atoms with Gasteiger partial charge in [-0.2, -0.15) is 0 Å². The minimum absolute atomic E-state index is 0.0752. The minimum Gasteiger partial charge on any atom is -0.449 e. The first-order chi connectivity index (χ1) is 15.8. The lowest BCUT2D eigenvalue weighted by Gasteiger charge is -2.14. The molecular formula is C28H23NO2S. The second kappa shape index (κ2) is 9.25. The lowest BCUT2D eigenvalue weighted by Crippen LogP contribution is -2.26. The predicted molar refractivity (Wildman–Crippen MR) is 132 cm³/mol. The first-order valence-electron chi connectivity index (χ1n) is 10.7. The van der Waals surface area contributed by atoms with Gasteiger partial charge in [0.05, 0.1) is 0 Å². The molecule has 0 saturated heterocycles. The highest BCUT2D eigenvalue weighted by molar-refractivity contribution is 7.11. The van der Waals surface area contributed by atoms with E-state index in [1.165, 1.54) is 33.4 Å². The molecule has 4 aromatic rings. The van der Waals surface area contributed by atoms with Crippen LogP contribution in [-0.4, -0.2) is 19.2 Å². The van der Waals surface area contributed by atoms with Crippen molar-refractivity contribution in [1.29, 1.82) is 0 Å². The molecule has 0 atom stereocenters. The predicted octanol–water partition coefficient (Wildman–Crippen LogP) is 6.97. The Morgan fingerprint density at radius 2 is 1.53 bits per heavy atom. The van der Waals surface area contributed by atoms with Crippen molar-refractivity contribution in [1.82, 2.24) is 5.32 Å². The summed E-state index contributed by atoms with van der Waals surface area (Å²) in [5.74, 6) is 0.0752. The van der Waals surface area contributed by atoms with Gasteiger partial charge in [0.25, 0.3) is 0 Å². The molecule has 0 fully saturated rings. The third kappa shape index (κ3) is 4.23. The molecule has 0 spiro atoms. The second-order valence-corrected chi connectivity index (χ2v) is 8.66. The number of hydrogen-bond acceptors (Lipinski definition) is 3. The molecule has 158 valence electrons. The Kier molecular flexibility index (Phi) is 5.86. The Morgan fingerprint density at radius 1 is 0.875 bits per heavy atom. The Bertz CT molecular complexity index is 1210. The number of fused-ring (bicyclic) bond motifs is 3. The number of ether oxygens (including phenoxy) is 1. The zero-order valence-electron chi connectivity index (χ0n) is 17.5. The van der Waals surface area contributed by atoms with E-state index in [2.05, 4.69) is 53.2 Å². The van der Waals surface area contributed by atoms with Crippen LogP contribution in [0.15, 0.2) is 96.4 Å². The van der Waals surface area contributed by atoms with Gasteiger partial charge in [-0.3, -0.25) is 0 Å². The molecule has 1 aliphatic rings. The summed E-state index contributed by atoms with van der Waals surface area (Å²) in [6, 6.07) is 29.2. The van der Waals surface area contributed by atoms with Gasteiger partial charge >= 0.3 is 6.09 Å². The maximum absolute atomic E-state index is 12.3. The Balaban J connectivity index is 1.14. The van der Waals surface area contributed by atoms with Crippen LogP contribution < -0.4 is 5.32 Å². The summed E-state index contributed by atoms with van der Waals surface area (Å²) in [5.41, 5.74) is 7.30. The molecule has 1 amide bonds. The quantitative estimate of drug-likeness (QED) is 0.354. The molecule has 0 aliphatic heterocycles. The fourth-order valence-electron chi connectivity index (χ4n) is 4.19. The highest BCUT2D eigenvalue weighted by atomic mass is 32.1. The number of carbonyl (C=O) groups is 1. The van der Waals surface area contributed by atoms with Crippen molar-refractivity contribution in [3.63, 3.8) is 0 Å². The third-order valence-electron chi connectivity index (χ3n) is 5.72. The average Bonchev–Trinajstić information content (AvgIpc) is 3.44. The van der Waals surface area contributed by atoms with Crippen LogP contribution in [0, 0.1) is 0 Å². The fourth-order valence-corrected chi connectivity index (χ4v) is 5.03. The van der Waals surface area contributed by atoms with Crippen molar-refractivity contribution in [2.75, 3.05) is 13.2 Å². The van der Waals surface area contributed by atoms with E-state index in [0.29, 0.717) is 13.2 Å². The third-order valence-corrected chi connectivity index (χ3v) is 6.61. The van der Waals surface area contributed by atoms with Crippen molar-refractivity contribution in [2.24, 2.45) is 0 Å². The Labute approximate surface area is 192 Å². The summed E-state index contributed by atoms with van der Waals surface area (Å²) in [6.45, 7) is 0.754. The number of hydrogen-bond donors (Lipinski definition) is 1. The number of nitrogens with one attached hydrogen (secondary N) is 1. The van der Waals surface area contributed by atoms with Gasteiger partial charge in [-0.05, 0) is 50.9 Å². The van der Waals surface area contributed by atoms with Gasteiger partial charge in [0.15, 0.2) is 0 Å². The molecule has 1 aromatic heterocycles. The van der Waals surface area contributed by atoms with Crippen molar-refractivity contribution in [3.05, 3.63) is 112 Å². The Hall–Kier alpha value is -3.63. The van der Waals surface area contributed by atoms with Crippen LogP contribution in [0.2, 0.25) is 0 Å². The van der Waals surface area contributed by atoms with Gasteiger partial charge in [-0.1, -0.05) is 84.9 Å². The molecule has 0 unspecified atom stereocenters. The van der Waals surface area contributed by atoms with E-state index in [0.717, 1.165) is 4.88 Å². The SMILES string of the molecule is O=C(NCC=Cc1cc(-c2ccccc2)cs1)OCC1c2ccccc2-c2ccccc21. The standard InChI is InChI=1S/C28H23NO2S/c30-28(29-16-8-11-22-17-21(19-32-22)20-9-2-1-3-10-20)31-18-27-25-14-6-4-12-23(25)24-13-5-7-15-26(24)27/h1-15,17,19,27H,16,18H2,(H,29,30). The van der Waals surface area contributed by atoms with Gasteiger partial charge in [0.1, 0.15) is 6.61 Å². The van der Waals surface area contributed by atoms with Gasteiger partial charge in [0.2, 0.25) is 0 Å². The highest BCUT2D eigenvalue weighted by Gasteiger charge is 2.28. The lowest BCUT2D eigenvalue weighted by atomic mass is 9.98. The normalized spacial score (nSPS) is 12.5. The first kappa shape index (κ1) is 20.3. The zero-order chi connectivity index (χ0) is 21.8. The van der Waals surface area contributed by atoms with Crippen LogP contribution in [0.1, 0.15) is 21.9 Å². The maximum Gasteiger partial charge on any atom is 0.407 e. The topological polar surface area (TPSA) is 38.3 Å². The van der Waals surface area contributed by atoms with Gasteiger partial charge in [0, 0.05) is 17.3 Å². The molecular weight excluding hydrogens is 414 g/mol. The number of alkyl carbamates (subject to hydrolysis) is 1. The summed E-state index contributed by atoms with van der Waals surface area (Å²) in [5, 5.41) is 4.97. The van der Waals surface area contributed by atoms with Crippen molar-refractivity contribution >= 4 is 23.5 Å². The molecule has 0 saturated carbocycles. The lowest BCUT2D eigenvalue weighted by molar-refractivity contribution is 0.144. The zero-order valence-corrected chi connectivity index (χ0v) is 18.3. The van der Waals surface area contributed by atoms with E-state index in [9.17, 15) is 4.79 Å². The average molecular weight is 438 g/mol. The summed E-state index contributed by atoms with van der Waals surface area (Å²) < 4.78 is 5.57. The van der Waals surface area contributed by atoms with E-state index in [1.807, 2.05) is 54.6 Å². The van der Waals surface area contributed by atoms with Crippen LogP contribution in [0.5, 0.6) is 0 Å². The van der Waals surface area contributed by atoms with Crippen LogP contribution in [0.3, 0.4) is 0 Å². The minimum atomic E-state index is -0.396. The van der Waals surface area contributed by atoms with E-state index in [-0.39, 0.29) is 5.92 Å². The summed E-state index contributed by atoms with van der Waals surface area (Å²) >= 11 is 1.69. The molecule has 1 heterocycles. The first-order valence-corrected chi connectivity index (χ1v) is 11.6. The molecule has 0 radical (unpaired) electrons. The van der Waals surface area contributed by atoms with Gasteiger partial charge < -0.3 is 10.1 Å². The van der Waals surface area contributed by atoms with Crippen molar-refractivity contribution in [3.8, 4) is 22.3 Å². The summed E-state index contributed by atoms with van der Waals surface area (Å²) in [7, 11) is 0. The smallest absolute Gasteiger partial charge is 0.407 e. The van der Waals surface area contributed by atoms with Crippen molar-refractivity contribution < 1.29 is 9.53 Å². The van der Waals surface area contributed by atoms with Crippen LogP contribution in [-0.2, 0) is 4.74 Å². The molecule has 0 bridgehead atoms. The van der Waals surface area contributed by atoms with E-state index in [4.69, 9.17) is 4.74 Å². The van der Waals surface area contributed by atoms with Gasteiger partial charge in [-0.25, -0.2) is 4.79 Å². The molecule has 3 aromatic carbocycles. The van der Waals surface area contributed by atoms with Crippen molar-refractivity contribution in [2.45, 2.75) is 5.92 Å². The Morgan fingerprint density at radius 3 is 2.25 bits per heavy atom. The number of benzene rings is 3. The summed E-state index contributed by atoms with van der Waals surface area (Å²) in [6.07, 6.45) is 3.58. The molecule has 5 rings (SSSR count). The summed E-state index contributed by atoms with van der Waals surface area (Å²) in [4.78, 5) is 13.4. The van der Waals surface area contributed by atoms with E-state index < -0.39 is 6.09 Å². The van der Waals surface area contributed by atoms with Crippen LogP contribution in [0.25, 0.3) is 28.3 Å². The molecule has 4 heteroatoms. The van der Waals surface area contributed by atoms with E-state index >= 15 is 0 Å². The van der Waals surface area contributed by atoms with Crippen LogP contribution in [0.4, 0.5) is 4.79 Å². The number of rotatable bonds is 6. The monoisotopic (exact) mass is 437 g/mol. The largest absolute Gasteiger partial charge is 0.449 e. The number of thiophene rings is 1. The molecule has 32 heavy (non-hydrogen) atoms. The molecule has 1 N–H and O–H groups in total.